The van der Waals surface area contributed by atoms with Crippen LogP contribution in [0.15, 0.2) is 29.3 Å². The number of rotatable bonds is 3. The number of carbonyl (C=O) groups is 1. The van der Waals surface area contributed by atoms with Crippen molar-refractivity contribution in [3.05, 3.63) is 35.4 Å². The van der Waals surface area contributed by atoms with Crippen LogP contribution in [0.4, 0.5) is 0 Å². The molecule has 0 saturated heterocycles. The fraction of sp³-hybridized carbons (Fsp3) is 0.529. The van der Waals surface area contributed by atoms with E-state index in [1.54, 1.807) is 0 Å². The van der Waals surface area contributed by atoms with Crippen molar-refractivity contribution in [2.24, 2.45) is 10.9 Å². The van der Waals surface area contributed by atoms with Crippen LogP contribution in [-0.4, -0.2) is 24.7 Å². The first-order valence-corrected chi connectivity index (χ1v) is 7.74. The Morgan fingerprint density at radius 1 is 1.20 bits per heavy atom. The maximum absolute atomic E-state index is 12.2. The van der Waals surface area contributed by atoms with Crippen molar-refractivity contribution >= 4 is 11.6 Å². The van der Waals surface area contributed by atoms with Crippen LogP contribution in [0.2, 0.25) is 0 Å². The van der Waals surface area contributed by atoms with Gasteiger partial charge in [0.25, 0.3) is 0 Å². The fourth-order valence-corrected chi connectivity index (χ4v) is 3.25. The van der Waals surface area contributed by atoms with E-state index in [0.29, 0.717) is 6.54 Å². The van der Waals surface area contributed by atoms with Gasteiger partial charge in [-0.2, -0.15) is 0 Å². The third kappa shape index (κ3) is 2.92. The smallest absolute Gasteiger partial charge is 0.223 e. The first-order chi connectivity index (χ1) is 9.84. The number of amides is 1. The van der Waals surface area contributed by atoms with E-state index in [9.17, 15) is 4.79 Å². The zero-order valence-corrected chi connectivity index (χ0v) is 11.9. The second kappa shape index (κ2) is 6.21. The van der Waals surface area contributed by atoms with Crippen LogP contribution >= 0.6 is 0 Å². The molecule has 1 aliphatic heterocycles. The molecule has 2 aliphatic rings. The highest BCUT2D eigenvalue weighted by molar-refractivity contribution is 6.05. The molecule has 1 saturated carbocycles. The van der Waals surface area contributed by atoms with Crippen molar-refractivity contribution in [1.82, 2.24) is 5.32 Å². The molecule has 1 amide bonds. The lowest BCUT2D eigenvalue weighted by atomic mass is 9.88. The molecule has 106 valence electrons. The van der Waals surface area contributed by atoms with E-state index in [1.165, 1.54) is 30.4 Å². The van der Waals surface area contributed by atoms with Gasteiger partial charge in [0.1, 0.15) is 0 Å². The molecule has 0 radical (unpaired) electrons. The molecule has 1 N–H and O–H groups in total. The molecule has 20 heavy (non-hydrogen) atoms. The molecule has 3 nitrogen and oxygen atoms in total. The SMILES string of the molecule is O=C(NCC1=NCCc2ccccc21)C1CCCCC1. The Balaban J connectivity index is 1.61. The summed E-state index contributed by atoms with van der Waals surface area (Å²) in [4.78, 5) is 16.8. The minimum absolute atomic E-state index is 0.218. The van der Waals surface area contributed by atoms with Crippen molar-refractivity contribution in [1.29, 1.82) is 0 Å². The van der Waals surface area contributed by atoms with Crippen LogP contribution < -0.4 is 5.32 Å². The van der Waals surface area contributed by atoms with Crippen molar-refractivity contribution in [2.45, 2.75) is 38.5 Å². The van der Waals surface area contributed by atoms with E-state index in [1.807, 2.05) is 6.07 Å². The summed E-state index contributed by atoms with van der Waals surface area (Å²) < 4.78 is 0. The van der Waals surface area contributed by atoms with Crippen molar-refractivity contribution in [3.8, 4) is 0 Å². The first kappa shape index (κ1) is 13.3. The highest BCUT2D eigenvalue weighted by atomic mass is 16.1. The summed E-state index contributed by atoms with van der Waals surface area (Å²) >= 11 is 0. The third-order valence-corrected chi connectivity index (χ3v) is 4.42. The normalized spacial score (nSPS) is 19.1. The predicted molar refractivity (Wildman–Crippen MR) is 81.1 cm³/mol. The van der Waals surface area contributed by atoms with Gasteiger partial charge in [0.05, 0.1) is 12.3 Å². The summed E-state index contributed by atoms with van der Waals surface area (Å²) in [6.45, 7) is 1.41. The second-order valence-corrected chi connectivity index (χ2v) is 5.79. The van der Waals surface area contributed by atoms with Crippen LogP contribution in [0, 0.1) is 5.92 Å². The van der Waals surface area contributed by atoms with E-state index in [0.717, 1.165) is 31.5 Å². The standard InChI is InChI=1S/C17H22N2O/c20-17(14-7-2-1-3-8-14)19-12-16-15-9-5-4-6-13(15)10-11-18-16/h4-6,9,14H,1-3,7-8,10-12H2,(H,19,20). The molecule has 1 aromatic carbocycles. The van der Waals surface area contributed by atoms with Crippen molar-refractivity contribution in [3.63, 3.8) is 0 Å². The van der Waals surface area contributed by atoms with Gasteiger partial charge in [-0.15, -0.1) is 0 Å². The van der Waals surface area contributed by atoms with Gasteiger partial charge in [0.15, 0.2) is 0 Å². The first-order valence-electron chi connectivity index (χ1n) is 7.74. The minimum atomic E-state index is 0.218. The lowest BCUT2D eigenvalue weighted by molar-refractivity contribution is -0.125. The predicted octanol–water partition coefficient (Wildman–Crippen LogP) is 2.73. The Labute approximate surface area is 120 Å². The van der Waals surface area contributed by atoms with E-state index in [2.05, 4.69) is 28.5 Å². The number of fused-ring (bicyclic) bond motifs is 1. The van der Waals surface area contributed by atoms with Gasteiger partial charge in [-0.25, -0.2) is 0 Å². The molecular formula is C17H22N2O. The summed E-state index contributed by atoms with van der Waals surface area (Å²) in [7, 11) is 0. The van der Waals surface area contributed by atoms with Gasteiger partial charge in [-0.1, -0.05) is 43.5 Å². The Morgan fingerprint density at radius 3 is 2.85 bits per heavy atom. The van der Waals surface area contributed by atoms with Gasteiger partial charge in [0, 0.05) is 18.0 Å². The highest BCUT2D eigenvalue weighted by Gasteiger charge is 2.21. The van der Waals surface area contributed by atoms with Gasteiger partial charge in [-0.05, 0) is 24.8 Å². The van der Waals surface area contributed by atoms with Crippen molar-refractivity contribution < 1.29 is 4.79 Å². The average molecular weight is 270 g/mol. The van der Waals surface area contributed by atoms with Crippen LogP contribution in [0.3, 0.4) is 0 Å². The van der Waals surface area contributed by atoms with E-state index < -0.39 is 0 Å². The number of aliphatic imine (C=N–C) groups is 1. The third-order valence-electron chi connectivity index (χ3n) is 4.42. The van der Waals surface area contributed by atoms with Crippen LogP contribution in [-0.2, 0) is 11.2 Å². The molecular weight excluding hydrogens is 248 g/mol. The molecule has 1 heterocycles. The van der Waals surface area contributed by atoms with Gasteiger partial charge in [-0.3, -0.25) is 9.79 Å². The van der Waals surface area contributed by atoms with Crippen LogP contribution in [0.25, 0.3) is 0 Å². The lowest BCUT2D eigenvalue weighted by Crippen LogP contribution is -2.36. The highest BCUT2D eigenvalue weighted by Crippen LogP contribution is 2.23. The molecule has 3 heteroatoms. The minimum Gasteiger partial charge on any atom is -0.350 e. The molecule has 3 rings (SSSR count). The Bertz CT molecular complexity index is 515. The quantitative estimate of drug-likeness (QED) is 0.901. The summed E-state index contributed by atoms with van der Waals surface area (Å²) in [5, 5.41) is 3.09. The molecule has 0 atom stereocenters. The molecule has 1 aliphatic carbocycles. The van der Waals surface area contributed by atoms with Gasteiger partial charge in [0.2, 0.25) is 5.91 Å². The van der Waals surface area contributed by atoms with E-state index >= 15 is 0 Å². The number of nitrogens with zero attached hydrogens (tertiary/aromatic N) is 1. The topological polar surface area (TPSA) is 41.5 Å². The maximum Gasteiger partial charge on any atom is 0.223 e. The Kier molecular flexibility index (Phi) is 4.14. The number of hydrogen-bond donors (Lipinski definition) is 1. The number of benzene rings is 1. The average Bonchev–Trinajstić information content (AvgIpc) is 2.53. The summed E-state index contributed by atoms with van der Waals surface area (Å²) in [6.07, 6.45) is 6.79. The Morgan fingerprint density at radius 2 is 2.00 bits per heavy atom. The summed E-state index contributed by atoms with van der Waals surface area (Å²) in [6, 6.07) is 8.39. The molecule has 1 fully saturated rings. The zero-order valence-electron chi connectivity index (χ0n) is 11.9. The molecule has 0 bridgehead atoms. The van der Waals surface area contributed by atoms with E-state index in [-0.39, 0.29) is 11.8 Å². The lowest BCUT2D eigenvalue weighted by Gasteiger charge is -2.22. The zero-order chi connectivity index (χ0) is 13.8. The monoisotopic (exact) mass is 270 g/mol. The molecule has 0 unspecified atom stereocenters. The fourth-order valence-electron chi connectivity index (χ4n) is 3.25. The number of carbonyl (C=O) groups excluding carboxylic acids is 1. The summed E-state index contributed by atoms with van der Waals surface area (Å²) in [5.41, 5.74) is 3.60. The van der Waals surface area contributed by atoms with Crippen molar-refractivity contribution in [2.75, 3.05) is 13.1 Å². The van der Waals surface area contributed by atoms with Crippen LogP contribution in [0.5, 0.6) is 0 Å². The largest absolute Gasteiger partial charge is 0.350 e. The molecule has 1 aromatic rings. The summed E-state index contributed by atoms with van der Waals surface area (Å²) in [5.74, 6) is 0.443. The number of nitrogens with one attached hydrogen (secondary N) is 1. The molecule has 0 spiro atoms. The van der Waals surface area contributed by atoms with Gasteiger partial charge >= 0.3 is 0 Å². The van der Waals surface area contributed by atoms with E-state index in [4.69, 9.17) is 0 Å². The maximum atomic E-state index is 12.2. The molecule has 0 aromatic heterocycles. The second-order valence-electron chi connectivity index (χ2n) is 5.79. The number of hydrogen-bond acceptors (Lipinski definition) is 2. The van der Waals surface area contributed by atoms with Crippen LogP contribution in [0.1, 0.15) is 43.2 Å². The van der Waals surface area contributed by atoms with Gasteiger partial charge < -0.3 is 5.32 Å². The Hall–Kier alpha value is -1.64.